The number of nitrogens with one attached hydrogen (secondary N) is 1. The molecule has 0 saturated carbocycles. The third kappa shape index (κ3) is 4.00. The molecule has 0 spiro atoms. The second-order valence-electron chi connectivity index (χ2n) is 6.97. The number of hydrogen-bond donors (Lipinski definition) is 1. The van der Waals surface area contributed by atoms with Gasteiger partial charge in [0.2, 0.25) is 11.9 Å². The topological polar surface area (TPSA) is 88.8 Å². The number of aromatic nitrogens is 5. The van der Waals surface area contributed by atoms with Gasteiger partial charge in [0.15, 0.2) is 0 Å². The van der Waals surface area contributed by atoms with Crippen LogP contribution >= 0.6 is 0 Å². The average Bonchev–Trinajstić information content (AvgIpc) is 3.28. The monoisotopic (exact) mass is 377 g/mol. The van der Waals surface area contributed by atoms with Crippen LogP contribution in [0, 0.1) is 13.8 Å². The van der Waals surface area contributed by atoms with Crippen molar-refractivity contribution in [2.75, 3.05) is 18.0 Å². The molecule has 4 rings (SSSR count). The molecule has 1 N–H and O–H groups in total. The summed E-state index contributed by atoms with van der Waals surface area (Å²) in [5.41, 5.74) is 1.96. The lowest BCUT2D eigenvalue weighted by molar-refractivity contribution is -0.122. The van der Waals surface area contributed by atoms with E-state index < -0.39 is 0 Å². The second-order valence-corrected chi connectivity index (χ2v) is 6.97. The number of aryl methyl sites for hydroxylation is 2. The average molecular weight is 377 g/mol. The molecule has 3 heterocycles. The van der Waals surface area contributed by atoms with E-state index in [9.17, 15) is 4.79 Å². The number of anilines is 1. The van der Waals surface area contributed by atoms with Crippen LogP contribution in [0.4, 0.5) is 5.95 Å². The van der Waals surface area contributed by atoms with Crippen LogP contribution in [0.15, 0.2) is 42.6 Å². The number of amides is 1. The number of hydrogen-bond acceptors (Lipinski definition) is 6. The van der Waals surface area contributed by atoms with Gasteiger partial charge in [0, 0.05) is 30.9 Å². The predicted molar refractivity (Wildman–Crippen MR) is 106 cm³/mol. The Morgan fingerprint density at radius 1 is 1.18 bits per heavy atom. The van der Waals surface area contributed by atoms with Gasteiger partial charge in [-0.05, 0) is 26.3 Å². The molecule has 1 atom stereocenters. The maximum atomic E-state index is 12.4. The van der Waals surface area contributed by atoms with Crippen molar-refractivity contribution in [3.05, 3.63) is 54.2 Å². The van der Waals surface area contributed by atoms with Gasteiger partial charge in [-0.3, -0.25) is 4.79 Å². The molecular weight excluding hydrogens is 354 g/mol. The fourth-order valence-corrected chi connectivity index (χ4v) is 3.45. The number of benzene rings is 1. The first-order valence-electron chi connectivity index (χ1n) is 9.39. The van der Waals surface area contributed by atoms with Crippen molar-refractivity contribution in [3.8, 4) is 11.3 Å². The van der Waals surface area contributed by atoms with Gasteiger partial charge in [0.1, 0.15) is 18.2 Å². The largest absolute Gasteiger partial charge is 0.350 e. The van der Waals surface area contributed by atoms with Crippen molar-refractivity contribution >= 4 is 11.9 Å². The SMILES string of the molecule is Cc1nc(C)n(CC(=O)NC2CCN(c3nccc(-c4ccccc4)n3)C2)n1. The molecule has 1 aromatic carbocycles. The maximum absolute atomic E-state index is 12.4. The smallest absolute Gasteiger partial charge is 0.242 e. The summed E-state index contributed by atoms with van der Waals surface area (Å²) in [6, 6.07) is 12.0. The van der Waals surface area contributed by atoms with E-state index >= 15 is 0 Å². The molecule has 0 bridgehead atoms. The number of carbonyl (C=O) groups is 1. The van der Waals surface area contributed by atoms with Crippen molar-refractivity contribution in [3.63, 3.8) is 0 Å². The maximum Gasteiger partial charge on any atom is 0.242 e. The number of nitrogens with zero attached hydrogens (tertiary/aromatic N) is 6. The second kappa shape index (κ2) is 7.75. The van der Waals surface area contributed by atoms with E-state index in [-0.39, 0.29) is 18.5 Å². The molecule has 28 heavy (non-hydrogen) atoms. The summed E-state index contributed by atoms with van der Waals surface area (Å²) in [6.07, 6.45) is 2.65. The molecule has 1 aliphatic heterocycles. The van der Waals surface area contributed by atoms with E-state index in [4.69, 9.17) is 4.98 Å². The predicted octanol–water partition coefficient (Wildman–Crippen LogP) is 1.75. The minimum Gasteiger partial charge on any atom is -0.350 e. The van der Waals surface area contributed by atoms with E-state index in [0.29, 0.717) is 18.3 Å². The summed E-state index contributed by atoms with van der Waals surface area (Å²) in [5, 5.41) is 7.33. The lowest BCUT2D eigenvalue weighted by Gasteiger charge is -2.17. The minimum absolute atomic E-state index is 0.0567. The van der Waals surface area contributed by atoms with Crippen LogP contribution in [-0.4, -0.2) is 49.8 Å². The molecule has 1 fully saturated rings. The van der Waals surface area contributed by atoms with Crippen molar-refractivity contribution in [2.24, 2.45) is 0 Å². The molecule has 0 radical (unpaired) electrons. The Morgan fingerprint density at radius 2 is 2.00 bits per heavy atom. The normalized spacial score (nSPS) is 16.4. The van der Waals surface area contributed by atoms with Gasteiger partial charge in [0.25, 0.3) is 0 Å². The van der Waals surface area contributed by atoms with E-state index in [1.54, 1.807) is 10.9 Å². The molecule has 8 heteroatoms. The van der Waals surface area contributed by atoms with Crippen LogP contribution < -0.4 is 10.2 Å². The molecule has 3 aromatic rings. The van der Waals surface area contributed by atoms with E-state index in [1.807, 2.05) is 50.2 Å². The Hall–Kier alpha value is -3.29. The van der Waals surface area contributed by atoms with Crippen LogP contribution in [0.25, 0.3) is 11.3 Å². The zero-order valence-corrected chi connectivity index (χ0v) is 16.0. The Morgan fingerprint density at radius 3 is 2.75 bits per heavy atom. The molecule has 1 amide bonds. The highest BCUT2D eigenvalue weighted by Crippen LogP contribution is 2.21. The molecule has 1 unspecified atom stereocenters. The lowest BCUT2D eigenvalue weighted by atomic mass is 10.1. The summed E-state index contributed by atoms with van der Waals surface area (Å²) < 4.78 is 1.63. The Kier molecular flexibility index (Phi) is 5.01. The highest BCUT2D eigenvalue weighted by Gasteiger charge is 2.26. The molecule has 1 aliphatic rings. The third-order valence-electron chi connectivity index (χ3n) is 4.80. The van der Waals surface area contributed by atoms with Crippen molar-refractivity contribution in [2.45, 2.75) is 32.9 Å². The standard InChI is InChI=1S/C20H23N7O/c1-14-22-15(2)27(25-14)13-19(28)23-17-9-11-26(12-17)20-21-10-8-18(24-20)16-6-4-3-5-7-16/h3-8,10,17H,9,11-13H2,1-2H3,(H,23,28). The van der Waals surface area contributed by atoms with Gasteiger partial charge in [0.05, 0.1) is 5.69 Å². The zero-order chi connectivity index (χ0) is 19.5. The summed E-state index contributed by atoms with van der Waals surface area (Å²) in [5.74, 6) is 2.05. The van der Waals surface area contributed by atoms with Crippen LogP contribution in [-0.2, 0) is 11.3 Å². The molecule has 8 nitrogen and oxygen atoms in total. The van der Waals surface area contributed by atoms with Crippen molar-refractivity contribution in [1.82, 2.24) is 30.0 Å². The van der Waals surface area contributed by atoms with Crippen molar-refractivity contribution < 1.29 is 4.79 Å². The van der Waals surface area contributed by atoms with Gasteiger partial charge in [-0.25, -0.2) is 19.6 Å². The zero-order valence-electron chi connectivity index (χ0n) is 16.0. The summed E-state index contributed by atoms with van der Waals surface area (Å²) in [4.78, 5) is 27.8. The van der Waals surface area contributed by atoms with Gasteiger partial charge in [-0.15, -0.1) is 0 Å². The number of carbonyl (C=O) groups excluding carboxylic acids is 1. The fraction of sp³-hybridized carbons (Fsp3) is 0.350. The number of rotatable bonds is 5. The Labute approximate surface area is 163 Å². The van der Waals surface area contributed by atoms with E-state index in [0.717, 1.165) is 30.0 Å². The first kappa shape index (κ1) is 18.1. The van der Waals surface area contributed by atoms with Crippen LogP contribution in [0.5, 0.6) is 0 Å². The van der Waals surface area contributed by atoms with Crippen molar-refractivity contribution in [1.29, 1.82) is 0 Å². The van der Waals surface area contributed by atoms with E-state index in [1.165, 1.54) is 0 Å². The van der Waals surface area contributed by atoms with Crippen LogP contribution in [0.3, 0.4) is 0 Å². The van der Waals surface area contributed by atoms with Gasteiger partial charge in [-0.1, -0.05) is 30.3 Å². The Balaban J connectivity index is 1.38. The van der Waals surface area contributed by atoms with Crippen LogP contribution in [0.1, 0.15) is 18.1 Å². The molecule has 144 valence electrons. The highest BCUT2D eigenvalue weighted by atomic mass is 16.2. The van der Waals surface area contributed by atoms with Gasteiger partial charge in [-0.2, -0.15) is 5.10 Å². The molecule has 2 aromatic heterocycles. The van der Waals surface area contributed by atoms with Gasteiger partial charge >= 0.3 is 0 Å². The summed E-state index contributed by atoms with van der Waals surface area (Å²) in [7, 11) is 0. The highest BCUT2D eigenvalue weighted by molar-refractivity contribution is 5.76. The molecule has 1 saturated heterocycles. The fourth-order valence-electron chi connectivity index (χ4n) is 3.45. The Bertz CT molecular complexity index is 970. The lowest BCUT2D eigenvalue weighted by Crippen LogP contribution is -2.39. The quantitative estimate of drug-likeness (QED) is 0.729. The third-order valence-corrected chi connectivity index (χ3v) is 4.80. The van der Waals surface area contributed by atoms with Gasteiger partial charge < -0.3 is 10.2 Å². The minimum atomic E-state index is -0.0567. The summed E-state index contributed by atoms with van der Waals surface area (Å²) >= 11 is 0. The summed E-state index contributed by atoms with van der Waals surface area (Å²) in [6.45, 7) is 5.36. The first-order valence-corrected chi connectivity index (χ1v) is 9.39. The molecular formula is C20H23N7O. The van der Waals surface area contributed by atoms with E-state index in [2.05, 4.69) is 25.3 Å². The van der Waals surface area contributed by atoms with Crippen LogP contribution in [0.2, 0.25) is 0 Å². The first-order chi connectivity index (χ1) is 13.6. The molecule has 0 aliphatic carbocycles.